The Morgan fingerprint density at radius 2 is 1.85 bits per heavy atom. The first-order chi connectivity index (χ1) is 19.5. The number of hydrogen-bond acceptors (Lipinski definition) is 9. The lowest BCUT2D eigenvalue weighted by Crippen LogP contribution is -2.37. The van der Waals surface area contributed by atoms with Crippen molar-refractivity contribution >= 4 is 11.9 Å². The van der Waals surface area contributed by atoms with Gasteiger partial charge in [-0.05, 0) is 76.3 Å². The number of carboxylic acids is 1. The number of benzene rings is 2. The molecule has 2 N–H and O–H groups in total. The summed E-state index contributed by atoms with van der Waals surface area (Å²) in [7, 11) is 2.95. The molecule has 224 valence electrons. The Hall–Kier alpha value is -3.44. The molecule has 0 radical (unpaired) electrons. The van der Waals surface area contributed by atoms with Crippen LogP contribution in [-0.2, 0) is 25.4 Å². The predicted octanol–water partition coefficient (Wildman–Crippen LogP) is 4.77. The Kier molecular flexibility index (Phi) is 11.7. The number of hydrogen-bond donors (Lipinski definition) is 2. The average Bonchev–Trinajstić information content (AvgIpc) is 3.24. The third-order valence-electron chi connectivity index (χ3n) is 6.47. The Bertz CT molecular complexity index is 1170. The zero-order valence-electron chi connectivity index (χ0n) is 24.2. The van der Waals surface area contributed by atoms with E-state index in [0.29, 0.717) is 42.6 Å². The van der Waals surface area contributed by atoms with Crippen LogP contribution in [0.2, 0.25) is 0 Å². The summed E-state index contributed by atoms with van der Waals surface area (Å²) in [6, 6.07) is 11.9. The fraction of sp³-hybridized carbons (Fsp3) is 0.484. The number of rotatable bonds is 15. The first-order valence-corrected chi connectivity index (χ1v) is 13.6. The van der Waals surface area contributed by atoms with Crippen molar-refractivity contribution in [1.29, 1.82) is 0 Å². The van der Waals surface area contributed by atoms with Crippen molar-refractivity contribution in [2.45, 2.75) is 76.7 Å². The Labute approximate surface area is 240 Å². The molecule has 0 saturated carbocycles. The van der Waals surface area contributed by atoms with Crippen LogP contribution in [0.4, 0.5) is 0 Å². The SMILES string of the molecule is COCOc1cc(OC)cc(CCC[C@@H]2OC(C)(C)O[C@@H]2C(C=CC[C@H](C)O)OC(=O)c2ccccc2)c1C(=O)O. The molecule has 0 amide bonds. The minimum absolute atomic E-state index is 0.0408. The quantitative estimate of drug-likeness (QED) is 0.175. The lowest BCUT2D eigenvalue weighted by Gasteiger charge is -2.25. The van der Waals surface area contributed by atoms with Gasteiger partial charge in [0.2, 0.25) is 0 Å². The maximum Gasteiger partial charge on any atom is 0.339 e. The molecule has 2 aromatic carbocycles. The Balaban J connectivity index is 1.81. The molecular weight excluding hydrogens is 532 g/mol. The molecule has 1 unspecified atom stereocenters. The van der Waals surface area contributed by atoms with Crippen molar-refractivity contribution in [2.75, 3.05) is 21.0 Å². The van der Waals surface area contributed by atoms with Gasteiger partial charge in [-0.25, -0.2) is 9.59 Å². The first-order valence-electron chi connectivity index (χ1n) is 13.6. The van der Waals surface area contributed by atoms with Crippen molar-refractivity contribution < 1.29 is 48.2 Å². The number of ether oxygens (including phenoxy) is 6. The fourth-order valence-corrected chi connectivity index (χ4v) is 4.69. The second-order valence-corrected chi connectivity index (χ2v) is 10.3. The Morgan fingerprint density at radius 1 is 1.12 bits per heavy atom. The van der Waals surface area contributed by atoms with E-state index in [1.54, 1.807) is 63.3 Å². The van der Waals surface area contributed by atoms with Crippen LogP contribution in [0.1, 0.15) is 66.3 Å². The topological polar surface area (TPSA) is 130 Å². The molecule has 0 spiro atoms. The molecule has 1 aliphatic rings. The molecule has 0 aliphatic carbocycles. The zero-order chi connectivity index (χ0) is 30.0. The summed E-state index contributed by atoms with van der Waals surface area (Å²) < 4.78 is 34.2. The molecule has 3 rings (SSSR count). The van der Waals surface area contributed by atoms with E-state index >= 15 is 0 Å². The number of aliphatic hydroxyl groups is 1. The maximum absolute atomic E-state index is 13.0. The predicted molar refractivity (Wildman–Crippen MR) is 150 cm³/mol. The first kappa shape index (κ1) is 32.1. The normalized spacial score (nSPS) is 19.6. The Morgan fingerprint density at radius 3 is 2.49 bits per heavy atom. The van der Waals surface area contributed by atoms with Crippen molar-refractivity contribution in [3.63, 3.8) is 0 Å². The van der Waals surface area contributed by atoms with E-state index in [-0.39, 0.29) is 18.1 Å². The van der Waals surface area contributed by atoms with Gasteiger partial charge >= 0.3 is 11.9 Å². The van der Waals surface area contributed by atoms with Gasteiger partial charge in [-0.15, -0.1) is 0 Å². The van der Waals surface area contributed by atoms with Crippen molar-refractivity contribution in [1.82, 2.24) is 0 Å². The lowest BCUT2D eigenvalue weighted by molar-refractivity contribution is -0.153. The highest BCUT2D eigenvalue weighted by Crippen LogP contribution is 2.35. The van der Waals surface area contributed by atoms with Crippen LogP contribution in [0, 0.1) is 0 Å². The molecule has 10 nitrogen and oxygen atoms in total. The molecule has 0 bridgehead atoms. The van der Waals surface area contributed by atoms with Gasteiger partial charge in [0.05, 0.1) is 24.9 Å². The number of carbonyl (C=O) groups excluding carboxylic acids is 1. The number of methoxy groups -OCH3 is 2. The van der Waals surface area contributed by atoms with Gasteiger partial charge < -0.3 is 38.6 Å². The second-order valence-electron chi connectivity index (χ2n) is 10.3. The van der Waals surface area contributed by atoms with Crippen molar-refractivity contribution in [3.05, 3.63) is 71.3 Å². The average molecular weight is 573 g/mol. The van der Waals surface area contributed by atoms with Crippen LogP contribution in [-0.4, -0.2) is 73.4 Å². The van der Waals surface area contributed by atoms with Gasteiger partial charge in [0, 0.05) is 13.2 Å². The molecule has 10 heteroatoms. The summed E-state index contributed by atoms with van der Waals surface area (Å²) in [5.41, 5.74) is 0.988. The van der Waals surface area contributed by atoms with E-state index in [2.05, 4.69) is 0 Å². The van der Waals surface area contributed by atoms with Gasteiger partial charge in [-0.3, -0.25) is 0 Å². The summed E-state index contributed by atoms with van der Waals surface area (Å²) in [5.74, 6) is -1.94. The van der Waals surface area contributed by atoms with Crippen LogP contribution in [0.15, 0.2) is 54.6 Å². The third kappa shape index (κ3) is 9.29. The molecule has 1 aliphatic heterocycles. The fourth-order valence-electron chi connectivity index (χ4n) is 4.69. The summed E-state index contributed by atoms with van der Waals surface area (Å²) in [5, 5.41) is 19.7. The van der Waals surface area contributed by atoms with Crippen LogP contribution in [0.25, 0.3) is 0 Å². The van der Waals surface area contributed by atoms with Crippen LogP contribution in [0.5, 0.6) is 11.5 Å². The lowest BCUT2D eigenvalue weighted by atomic mass is 9.96. The van der Waals surface area contributed by atoms with E-state index in [0.717, 1.165) is 0 Å². The number of carbonyl (C=O) groups is 2. The summed E-state index contributed by atoms with van der Waals surface area (Å²) >= 11 is 0. The van der Waals surface area contributed by atoms with Crippen LogP contribution in [0.3, 0.4) is 0 Å². The third-order valence-corrected chi connectivity index (χ3v) is 6.47. The zero-order valence-corrected chi connectivity index (χ0v) is 24.2. The minimum atomic E-state index is -1.12. The molecule has 1 heterocycles. The molecular formula is C31H40O10. The highest BCUT2D eigenvalue weighted by molar-refractivity contribution is 5.93. The molecule has 1 fully saturated rings. The molecule has 41 heavy (non-hydrogen) atoms. The summed E-state index contributed by atoms with van der Waals surface area (Å²) in [6.07, 6.45) is 2.84. The summed E-state index contributed by atoms with van der Waals surface area (Å²) in [6.45, 7) is 5.15. The van der Waals surface area contributed by atoms with Gasteiger partial charge in [0.25, 0.3) is 0 Å². The molecule has 0 aromatic heterocycles. The number of esters is 1. The minimum Gasteiger partial charge on any atom is -0.497 e. The van der Waals surface area contributed by atoms with Gasteiger partial charge in [0.1, 0.15) is 29.3 Å². The molecule has 4 atom stereocenters. The molecule has 1 saturated heterocycles. The monoisotopic (exact) mass is 572 g/mol. The van der Waals surface area contributed by atoms with Crippen LogP contribution >= 0.6 is 0 Å². The van der Waals surface area contributed by atoms with Crippen LogP contribution < -0.4 is 9.47 Å². The van der Waals surface area contributed by atoms with Gasteiger partial charge in [-0.2, -0.15) is 0 Å². The van der Waals surface area contributed by atoms with Gasteiger partial charge in [-0.1, -0.05) is 24.3 Å². The highest BCUT2D eigenvalue weighted by Gasteiger charge is 2.45. The largest absolute Gasteiger partial charge is 0.497 e. The molecule has 2 aromatic rings. The highest BCUT2D eigenvalue weighted by atomic mass is 16.8. The van der Waals surface area contributed by atoms with Crippen molar-refractivity contribution in [3.8, 4) is 11.5 Å². The van der Waals surface area contributed by atoms with E-state index in [1.165, 1.54) is 20.3 Å². The second kappa shape index (κ2) is 15.0. The number of aliphatic hydroxyl groups excluding tert-OH is 1. The number of carboxylic acid groups (broad SMARTS) is 1. The van der Waals surface area contributed by atoms with E-state index in [9.17, 15) is 19.8 Å². The summed E-state index contributed by atoms with van der Waals surface area (Å²) in [4.78, 5) is 25.1. The van der Waals surface area contributed by atoms with E-state index < -0.39 is 42.1 Å². The van der Waals surface area contributed by atoms with Crippen molar-refractivity contribution in [2.24, 2.45) is 0 Å². The number of aryl methyl sites for hydroxylation is 1. The van der Waals surface area contributed by atoms with E-state index in [4.69, 9.17) is 28.4 Å². The maximum atomic E-state index is 13.0. The smallest absolute Gasteiger partial charge is 0.339 e. The number of aromatic carboxylic acids is 1. The standard InChI is InChI=1S/C31H40O10/c1-20(32)11-9-15-24(39-30(35)21-12-7-6-8-13-21)28-25(40-31(2,3)41-28)16-10-14-22-17-23(37-5)18-26(38-19-36-4)27(22)29(33)34/h6-9,12-13,15,17-18,20,24-25,28,32H,10-11,14,16,19H2,1-5H3,(H,33,34)/t20-,24?,25-,28+/m0/s1. The van der Waals surface area contributed by atoms with E-state index in [1.807, 2.05) is 6.07 Å². The van der Waals surface area contributed by atoms with Gasteiger partial charge in [0.15, 0.2) is 12.6 Å².